The Labute approximate surface area is 145 Å². The Morgan fingerprint density at radius 2 is 1.88 bits per heavy atom. The van der Waals surface area contributed by atoms with Crippen LogP contribution in [0.25, 0.3) is 0 Å². The molecule has 1 aromatic carbocycles. The van der Waals surface area contributed by atoms with Crippen LogP contribution < -0.4 is 11.5 Å². The summed E-state index contributed by atoms with van der Waals surface area (Å²) in [5.41, 5.74) is 11.2. The van der Waals surface area contributed by atoms with Gasteiger partial charge in [0.05, 0.1) is 11.4 Å². The molecule has 0 fully saturated rings. The number of hydrogen-bond donors (Lipinski definition) is 2. The zero-order valence-electron chi connectivity index (χ0n) is 13.9. The summed E-state index contributed by atoms with van der Waals surface area (Å²) >= 11 is 0. The summed E-state index contributed by atoms with van der Waals surface area (Å²) in [7, 11) is -3.84. The van der Waals surface area contributed by atoms with E-state index in [1.807, 2.05) is 0 Å². The van der Waals surface area contributed by atoms with Gasteiger partial charge in [-0.05, 0) is 44.2 Å². The first kappa shape index (κ1) is 17.3. The van der Waals surface area contributed by atoms with Crippen molar-refractivity contribution < 1.29 is 12.8 Å². The molecule has 2 unspecified atom stereocenters. The first-order chi connectivity index (χ1) is 11.6. The first-order valence-electron chi connectivity index (χ1n) is 7.65. The highest BCUT2D eigenvalue weighted by atomic mass is 32.2. The van der Waals surface area contributed by atoms with Crippen molar-refractivity contribution in [2.24, 2.45) is 10.7 Å². The number of nitrogens with zero attached hydrogens (tertiary/aromatic N) is 2. The number of rotatable bonds is 2. The molecule has 25 heavy (non-hydrogen) atoms. The second-order valence-electron chi connectivity index (χ2n) is 6.52. The van der Waals surface area contributed by atoms with Crippen molar-refractivity contribution in [3.05, 3.63) is 59.7 Å². The quantitative estimate of drug-likeness (QED) is 0.790. The minimum absolute atomic E-state index is 0.0992. The van der Waals surface area contributed by atoms with Gasteiger partial charge in [0.1, 0.15) is 17.2 Å². The van der Waals surface area contributed by atoms with E-state index < -0.39 is 31.7 Å². The Balaban J connectivity index is 2.23. The molecule has 0 radical (unpaired) electrons. The van der Waals surface area contributed by atoms with Crippen molar-refractivity contribution in [2.45, 2.75) is 24.1 Å². The average molecular weight is 362 g/mol. The van der Waals surface area contributed by atoms with Crippen molar-refractivity contribution in [2.75, 3.05) is 11.5 Å². The molecule has 1 aliphatic rings. The summed E-state index contributed by atoms with van der Waals surface area (Å²) in [6.45, 7) is 3.01. The van der Waals surface area contributed by atoms with Gasteiger partial charge in [-0.1, -0.05) is 6.07 Å². The number of sulfone groups is 1. The zero-order chi connectivity index (χ0) is 18.5. The van der Waals surface area contributed by atoms with Crippen LogP contribution in [0.1, 0.15) is 25.1 Å². The van der Waals surface area contributed by atoms with E-state index in [9.17, 15) is 12.8 Å². The van der Waals surface area contributed by atoms with Gasteiger partial charge >= 0.3 is 0 Å². The lowest BCUT2D eigenvalue weighted by atomic mass is 9.92. The Hall–Kier alpha value is -2.48. The molecule has 2 aromatic rings. The number of pyridine rings is 1. The fourth-order valence-corrected chi connectivity index (χ4v) is 5.16. The molecule has 0 amide bonds. The maximum atomic E-state index is 14.3. The third-order valence-corrected chi connectivity index (χ3v) is 7.28. The van der Waals surface area contributed by atoms with Crippen molar-refractivity contribution >= 4 is 21.4 Å². The number of hydrogen-bond acceptors (Lipinski definition) is 6. The van der Waals surface area contributed by atoms with Crippen LogP contribution in [0.2, 0.25) is 0 Å². The predicted molar refractivity (Wildman–Crippen MR) is 95.2 cm³/mol. The normalized spacial score (nSPS) is 28.4. The van der Waals surface area contributed by atoms with E-state index in [1.54, 1.807) is 18.2 Å². The second-order valence-corrected chi connectivity index (χ2v) is 8.85. The summed E-state index contributed by atoms with van der Waals surface area (Å²) in [5, 5.41) is 0. The van der Waals surface area contributed by atoms with E-state index in [1.165, 1.54) is 38.2 Å². The van der Waals surface area contributed by atoms with Crippen LogP contribution >= 0.6 is 0 Å². The summed E-state index contributed by atoms with van der Waals surface area (Å²) in [6.07, 6.45) is 1.49. The molecule has 0 spiro atoms. The highest BCUT2D eigenvalue weighted by Crippen LogP contribution is 2.42. The molecular weight excluding hydrogens is 343 g/mol. The molecule has 3 rings (SSSR count). The van der Waals surface area contributed by atoms with Gasteiger partial charge in [-0.3, -0.25) is 9.98 Å². The van der Waals surface area contributed by atoms with E-state index in [4.69, 9.17) is 11.5 Å². The molecule has 0 saturated carbocycles. The number of anilines is 1. The van der Waals surface area contributed by atoms with Gasteiger partial charge in [0.2, 0.25) is 0 Å². The predicted octanol–water partition coefficient (Wildman–Crippen LogP) is 1.72. The van der Waals surface area contributed by atoms with Gasteiger partial charge in [-0.25, -0.2) is 12.8 Å². The van der Waals surface area contributed by atoms with E-state index >= 15 is 0 Å². The molecule has 1 aromatic heterocycles. The van der Waals surface area contributed by atoms with Crippen LogP contribution in [0, 0.1) is 5.82 Å². The van der Waals surface area contributed by atoms with Crippen molar-refractivity contribution in [3.8, 4) is 0 Å². The average Bonchev–Trinajstić information content (AvgIpc) is 2.55. The minimum atomic E-state index is -3.84. The highest BCUT2D eigenvalue weighted by Gasteiger charge is 2.54. The van der Waals surface area contributed by atoms with E-state index in [2.05, 4.69) is 9.98 Å². The summed E-state index contributed by atoms with van der Waals surface area (Å²) in [5.74, 6) is -1.11. The molecule has 8 heteroatoms. The molecule has 0 aliphatic carbocycles. The van der Waals surface area contributed by atoms with Crippen LogP contribution in [0.3, 0.4) is 0 Å². The Bertz CT molecular complexity index is 962. The lowest BCUT2D eigenvalue weighted by Crippen LogP contribution is -2.55. The topological polar surface area (TPSA) is 111 Å². The molecule has 0 bridgehead atoms. The van der Waals surface area contributed by atoms with Crippen molar-refractivity contribution in [3.63, 3.8) is 0 Å². The van der Waals surface area contributed by atoms with Crippen LogP contribution in [-0.4, -0.2) is 25.0 Å². The standard InChI is InChI=1S/C17H19FN4O2S/c1-16(12-9-11(19)6-7-13(12)18)10-25(23,24)17(2,15(20)22-16)14-5-3-4-8-21-14/h3-9H,10,19H2,1-2H3,(H2,20,22). The third-order valence-electron chi connectivity index (χ3n) is 4.67. The van der Waals surface area contributed by atoms with Crippen molar-refractivity contribution in [1.82, 2.24) is 4.98 Å². The lowest BCUT2D eigenvalue weighted by Gasteiger charge is -2.39. The molecule has 4 N–H and O–H groups in total. The van der Waals surface area contributed by atoms with Crippen LogP contribution in [0.4, 0.5) is 10.1 Å². The van der Waals surface area contributed by atoms with Gasteiger partial charge in [0, 0.05) is 17.4 Å². The van der Waals surface area contributed by atoms with Gasteiger partial charge in [0.15, 0.2) is 14.6 Å². The summed E-state index contributed by atoms with van der Waals surface area (Å²) < 4.78 is 39.0. The smallest absolute Gasteiger partial charge is 0.171 e. The Morgan fingerprint density at radius 1 is 1.16 bits per heavy atom. The van der Waals surface area contributed by atoms with E-state index in [0.717, 1.165) is 0 Å². The molecule has 2 atom stereocenters. The third kappa shape index (κ3) is 2.57. The van der Waals surface area contributed by atoms with Gasteiger partial charge < -0.3 is 11.5 Å². The number of nitrogen functional groups attached to an aromatic ring is 1. The Morgan fingerprint density at radius 3 is 2.48 bits per heavy atom. The van der Waals surface area contributed by atoms with Crippen molar-refractivity contribution in [1.29, 1.82) is 0 Å². The number of amidine groups is 1. The molecule has 0 saturated heterocycles. The largest absolute Gasteiger partial charge is 0.399 e. The molecule has 2 heterocycles. The lowest BCUT2D eigenvalue weighted by molar-refractivity contribution is 0.473. The summed E-state index contributed by atoms with van der Waals surface area (Å²) in [4.78, 5) is 8.53. The number of aliphatic imine (C=N–C) groups is 1. The Kier molecular flexibility index (Phi) is 3.83. The van der Waals surface area contributed by atoms with Gasteiger partial charge in [0.25, 0.3) is 0 Å². The zero-order valence-corrected chi connectivity index (χ0v) is 14.7. The fourth-order valence-electron chi connectivity index (χ4n) is 3.11. The maximum absolute atomic E-state index is 14.3. The first-order valence-corrected chi connectivity index (χ1v) is 9.30. The number of benzene rings is 1. The molecule has 1 aliphatic heterocycles. The molecule has 132 valence electrons. The number of nitrogens with two attached hydrogens (primary N) is 2. The number of halogens is 1. The van der Waals surface area contributed by atoms with Crippen LogP contribution in [0.15, 0.2) is 47.6 Å². The monoisotopic (exact) mass is 362 g/mol. The van der Waals surface area contributed by atoms with Gasteiger partial charge in [-0.15, -0.1) is 0 Å². The molecular formula is C17H19FN4O2S. The fraction of sp³-hybridized carbons (Fsp3) is 0.294. The minimum Gasteiger partial charge on any atom is -0.399 e. The SMILES string of the molecule is CC1(c2cc(N)ccc2F)CS(=O)(=O)C(C)(c2ccccn2)C(N)=N1. The highest BCUT2D eigenvalue weighted by molar-refractivity contribution is 7.93. The van der Waals surface area contributed by atoms with E-state index in [-0.39, 0.29) is 17.1 Å². The number of aromatic nitrogens is 1. The van der Waals surface area contributed by atoms with E-state index in [0.29, 0.717) is 5.69 Å². The molecule has 6 nitrogen and oxygen atoms in total. The van der Waals surface area contributed by atoms with Crippen LogP contribution in [0.5, 0.6) is 0 Å². The summed E-state index contributed by atoms with van der Waals surface area (Å²) in [6, 6.07) is 8.95. The second kappa shape index (κ2) is 5.52. The maximum Gasteiger partial charge on any atom is 0.171 e. The van der Waals surface area contributed by atoms with Crippen LogP contribution in [-0.2, 0) is 20.1 Å². The van der Waals surface area contributed by atoms with Gasteiger partial charge in [-0.2, -0.15) is 0 Å².